The third-order valence-electron chi connectivity index (χ3n) is 4.28. The van der Waals surface area contributed by atoms with E-state index in [4.69, 9.17) is 0 Å². The van der Waals surface area contributed by atoms with E-state index in [1.54, 1.807) is 11.9 Å². The summed E-state index contributed by atoms with van der Waals surface area (Å²) < 4.78 is 37.0. The number of likely N-dealkylation sites (N-methyl/N-ethyl adjacent to an activating group) is 1. The van der Waals surface area contributed by atoms with Crippen molar-refractivity contribution >= 4 is 33.0 Å². The standard InChI is InChI=1S/C16H24FN3O4S2/c1-3-13-19-12(10-25-13)9-14(21)20(2)7-4-6-18-15(22)16(17)5-8-26(23,24)11-16/h10H,3-9,11H2,1-2H3,(H,18,22). The van der Waals surface area contributed by atoms with Gasteiger partial charge in [0.15, 0.2) is 9.84 Å². The van der Waals surface area contributed by atoms with Crippen LogP contribution < -0.4 is 5.32 Å². The number of nitrogens with zero attached hydrogens (tertiary/aromatic N) is 2. The number of hydrogen-bond donors (Lipinski definition) is 1. The molecule has 0 aliphatic carbocycles. The molecule has 10 heteroatoms. The van der Waals surface area contributed by atoms with Crippen LogP contribution in [0.5, 0.6) is 0 Å². The first-order valence-corrected chi connectivity index (χ1v) is 11.2. The third kappa shape index (κ3) is 5.47. The van der Waals surface area contributed by atoms with Crippen LogP contribution in [-0.2, 0) is 32.3 Å². The number of alkyl halides is 1. The second-order valence-corrected chi connectivity index (χ2v) is 9.62. The van der Waals surface area contributed by atoms with Crippen LogP contribution in [0.1, 0.15) is 30.5 Å². The van der Waals surface area contributed by atoms with Crippen LogP contribution in [0.3, 0.4) is 0 Å². The second-order valence-electron chi connectivity index (χ2n) is 6.49. The molecule has 1 N–H and O–H groups in total. The van der Waals surface area contributed by atoms with Crippen molar-refractivity contribution in [3.8, 4) is 0 Å². The molecule has 1 aliphatic rings. The molecule has 1 unspecified atom stereocenters. The van der Waals surface area contributed by atoms with Crippen molar-refractivity contribution in [2.45, 2.75) is 38.3 Å². The molecule has 0 spiro atoms. The van der Waals surface area contributed by atoms with Crippen molar-refractivity contribution in [1.82, 2.24) is 15.2 Å². The number of aromatic nitrogens is 1. The van der Waals surface area contributed by atoms with Gasteiger partial charge in [-0.25, -0.2) is 17.8 Å². The normalized spacial score (nSPS) is 21.5. The second kappa shape index (κ2) is 8.43. The SMILES string of the molecule is CCc1nc(CC(=O)N(C)CCCNC(=O)C2(F)CCS(=O)(=O)C2)cs1. The van der Waals surface area contributed by atoms with E-state index in [1.807, 2.05) is 12.3 Å². The minimum atomic E-state index is -3.48. The molecule has 0 bridgehead atoms. The molecular formula is C16H24FN3O4S2. The highest BCUT2D eigenvalue weighted by atomic mass is 32.2. The molecule has 0 radical (unpaired) electrons. The van der Waals surface area contributed by atoms with E-state index in [0.29, 0.717) is 13.0 Å². The molecule has 2 amide bonds. The van der Waals surface area contributed by atoms with Gasteiger partial charge in [0.2, 0.25) is 11.6 Å². The molecule has 1 aromatic rings. The average molecular weight is 406 g/mol. The van der Waals surface area contributed by atoms with Gasteiger partial charge in [-0.1, -0.05) is 6.92 Å². The largest absolute Gasteiger partial charge is 0.353 e. The summed E-state index contributed by atoms with van der Waals surface area (Å²) in [7, 11) is -1.81. The number of aryl methyl sites for hydroxylation is 1. The maximum Gasteiger partial charge on any atom is 0.258 e. The van der Waals surface area contributed by atoms with Crippen molar-refractivity contribution in [2.75, 3.05) is 31.6 Å². The molecule has 2 rings (SSSR count). The van der Waals surface area contributed by atoms with Crippen molar-refractivity contribution < 1.29 is 22.4 Å². The average Bonchev–Trinajstić information content (AvgIpc) is 3.15. The van der Waals surface area contributed by atoms with Crippen LogP contribution >= 0.6 is 11.3 Å². The molecule has 1 saturated heterocycles. The predicted octanol–water partition coefficient (Wildman–Crippen LogP) is 0.740. The van der Waals surface area contributed by atoms with Gasteiger partial charge in [0, 0.05) is 31.9 Å². The molecule has 1 aromatic heterocycles. The topological polar surface area (TPSA) is 96.4 Å². The number of rotatable bonds is 8. The first kappa shape index (κ1) is 20.8. The monoisotopic (exact) mass is 405 g/mol. The predicted molar refractivity (Wildman–Crippen MR) is 97.6 cm³/mol. The lowest BCUT2D eigenvalue weighted by Crippen LogP contribution is -2.45. The Morgan fingerprint density at radius 1 is 1.46 bits per heavy atom. The maximum atomic E-state index is 14.3. The van der Waals surface area contributed by atoms with Crippen LogP contribution in [-0.4, -0.2) is 67.4 Å². The summed E-state index contributed by atoms with van der Waals surface area (Å²) in [5.74, 6) is -2.02. The van der Waals surface area contributed by atoms with Gasteiger partial charge in [-0.3, -0.25) is 9.59 Å². The maximum absolute atomic E-state index is 14.3. The Labute approximate surface area is 156 Å². The van der Waals surface area contributed by atoms with Gasteiger partial charge in [-0.2, -0.15) is 0 Å². The molecule has 0 aromatic carbocycles. The minimum Gasteiger partial charge on any atom is -0.353 e. The summed E-state index contributed by atoms with van der Waals surface area (Å²) in [6.45, 7) is 2.59. The molecule has 2 heterocycles. The zero-order chi connectivity index (χ0) is 19.4. The molecular weight excluding hydrogens is 381 g/mol. The van der Waals surface area contributed by atoms with Gasteiger partial charge >= 0.3 is 0 Å². The molecule has 7 nitrogen and oxygen atoms in total. The third-order valence-corrected chi connectivity index (χ3v) is 7.05. The number of hydrogen-bond acceptors (Lipinski definition) is 6. The highest BCUT2D eigenvalue weighted by molar-refractivity contribution is 7.91. The van der Waals surface area contributed by atoms with Crippen molar-refractivity contribution in [3.63, 3.8) is 0 Å². The summed E-state index contributed by atoms with van der Waals surface area (Å²) in [6, 6.07) is 0. The van der Waals surface area contributed by atoms with Gasteiger partial charge in [0.25, 0.3) is 5.91 Å². The fourth-order valence-electron chi connectivity index (χ4n) is 2.67. The Hall–Kier alpha value is -1.55. The lowest BCUT2D eigenvalue weighted by Gasteiger charge is -2.19. The van der Waals surface area contributed by atoms with Gasteiger partial charge in [0.1, 0.15) is 0 Å². The van der Waals surface area contributed by atoms with E-state index in [2.05, 4.69) is 10.3 Å². The lowest BCUT2D eigenvalue weighted by molar-refractivity contribution is -0.131. The molecule has 146 valence electrons. The van der Waals surface area contributed by atoms with Gasteiger partial charge in [0.05, 0.1) is 28.6 Å². The molecule has 1 aliphatic heterocycles. The van der Waals surface area contributed by atoms with Gasteiger partial charge in [-0.05, 0) is 12.8 Å². The number of thiazole rings is 1. The van der Waals surface area contributed by atoms with Crippen molar-refractivity contribution in [1.29, 1.82) is 0 Å². The number of carbonyl (C=O) groups is 2. The van der Waals surface area contributed by atoms with Crippen molar-refractivity contribution in [3.05, 3.63) is 16.1 Å². The Morgan fingerprint density at radius 3 is 2.77 bits per heavy atom. The fourth-order valence-corrected chi connectivity index (χ4v) is 5.17. The van der Waals surface area contributed by atoms with E-state index >= 15 is 0 Å². The summed E-state index contributed by atoms with van der Waals surface area (Å²) in [4.78, 5) is 29.9. The van der Waals surface area contributed by atoms with E-state index in [0.717, 1.165) is 17.1 Å². The van der Waals surface area contributed by atoms with E-state index in [-0.39, 0.29) is 31.0 Å². The summed E-state index contributed by atoms with van der Waals surface area (Å²) in [5.41, 5.74) is -1.58. The Balaban J connectivity index is 1.70. The van der Waals surface area contributed by atoms with Crippen LogP contribution in [0, 0.1) is 0 Å². The van der Waals surface area contributed by atoms with Crippen LogP contribution in [0.25, 0.3) is 0 Å². The summed E-state index contributed by atoms with van der Waals surface area (Å²) in [6.07, 6.45) is 1.22. The van der Waals surface area contributed by atoms with E-state index in [9.17, 15) is 22.4 Å². The number of nitrogens with one attached hydrogen (secondary N) is 1. The van der Waals surface area contributed by atoms with Crippen LogP contribution in [0.4, 0.5) is 4.39 Å². The minimum absolute atomic E-state index is 0.0758. The summed E-state index contributed by atoms with van der Waals surface area (Å²) in [5, 5.41) is 5.30. The van der Waals surface area contributed by atoms with E-state index < -0.39 is 27.2 Å². The Kier molecular flexibility index (Phi) is 6.73. The van der Waals surface area contributed by atoms with Gasteiger partial charge < -0.3 is 10.2 Å². The molecule has 26 heavy (non-hydrogen) atoms. The van der Waals surface area contributed by atoms with Crippen LogP contribution in [0.2, 0.25) is 0 Å². The van der Waals surface area contributed by atoms with Crippen molar-refractivity contribution in [2.24, 2.45) is 0 Å². The smallest absolute Gasteiger partial charge is 0.258 e. The number of carbonyl (C=O) groups excluding carboxylic acids is 2. The number of amides is 2. The number of halogens is 1. The molecule has 0 saturated carbocycles. The first-order chi connectivity index (χ1) is 12.1. The molecule has 1 fully saturated rings. The Bertz CT molecular complexity index is 765. The lowest BCUT2D eigenvalue weighted by atomic mass is 10.1. The zero-order valence-electron chi connectivity index (χ0n) is 15.0. The van der Waals surface area contributed by atoms with Gasteiger partial charge in [-0.15, -0.1) is 11.3 Å². The first-order valence-electron chi connectivity index (χ1n) is 8.50. The zero-order valence-corrected chi connectivity index (χ0v) is 16.6. The van der Waals surface area contributed by atoms with Crippen LogP contribution in [0.15, 0.2) is 5.38 Å². The fraction of sp³-hybridized carbons (Fsp3) is 0.688. The molecule has 1 atom stereocenters. The Morgan fingerprint density at radius 2 is 2.19 bits per heavy atom. The highest BCUT2D eigenvalue weighted by Crippen LogP contribution is 2.27. The highest BCUT2D eigenvalue weighted by Gasteiger charge is 2.48. The number of sulfone groups is 1. The van der Waals surface area contributed by atoms with E-state index in [1.165, 1.54) is 11.3 Å². The quantitative estimate of drug-likeness (QED) is 0.644. The summed E-state index contributed by atoms with van der Waals surface area (Å²) >= 11 is 1.53.